The maximum absolute atomic E-state index is 5.92. The number of nitrogens with zero attached hydrogens (tertiary/aromatic N) is 2. The first-order valence-corrected chi connectivity index (χ1v) is 6.52. The van der Waals surface area contributed by atoms with Crippen LogP contribution < -0.4 is 4.74 Å². The van der Waals surface area contributed by atoms with Crippen LogP contribution in [0.3, 0.4) is 0 Å². The molecule has 0 saturated heterocycles. The molecule has 1 aromatic heterocycles. The Labute approximate surface area is 110 Å². The highest BCUT2D eigenvalue weighted by molar-refractivity contribution is 7.10. The number of halogens is 1. The number of hydrogen-bond donors (Lipinski definition) is 0. The number of aromatic nitrogens is 2. The van der Waals surface area contributed by atoms with Gasteiger partial charge in [0.25, 0.3) is 0 Å². The fourth-order valence-corrected chi connectivity index (χ4v) is 2.12. The second-order valence-electron chi connectivity index (χ2n) is 3.97. The van der Waals surface area contributed by atoms with Crippen molar-refractivity contribution in [2.24, 2.45) is 0 Å². The van der Waals surface area contributed by atoms with Crippen molar-refractivity contribution in [2.45, 2.75) is 26.4 Å². The van der Waals surface area contributed by atoms with Crippen LogP contribution in [0.25, 0.3) is 0 Å². The third-order valence-corrected chi connectivity index (χ3v) is 3.40. The van der Waals surface area contributed by atoms with Crippen LogP contribution in [0.4, 0.5) is 0 Å². The molecule has 2 rings (SSSR count). The van der Waals surface area contributed by atoms with Crippen molar-refractivity contribution >= 4 is 23.1 Å². The molecule has 0 bridgehead atoms. The molecular formula is C12H13ClN2OS. The molecule has 0 spiro atoms. The zero-order chi connectivity index (χ0) is 12.3. The summed E-state index contributed by atoms with van der Waals surface area (Å²) >= 11 is 7.10. The van der Waals surface area contributed by atoms with Gasteiger partial charge >= 0.3 is 0 Å². The van der Waals surface area contributed by atoms with E-state index in [1.54, 1.807) is 0 Å². The topological polar surface area (TPSA) is 35.0 Å². The molecule has 90 valence electrons. The minimum Gasteiger partial charge on any atom is -0.487 e. The molecule has 0 N–H and O–H groups in total. The van der Waals surface area contributed by atoms with Gasteiger partial charge in [-0.05, 0) is 17.5 Å². The summed E-state index contributed by atoms with van der Waals surface area (Å²) in [6.45, 7) is 4.64. The quantitative estimate of drug-likeness (QED) is 0.844. The van der Waals surface area contributed by atoms with Crippen molar-refractivity contribution < 1.29 is 4.74 Å². The van der Waals surface area contributed by atoms with Gasteiger partial charge < -0.3 is 4.74 Å². The van der Waals surface area contributed by atoms with Crippen molar-refractivity contribution in [3.05, 3.63) is 39.9 Å². The average Bonchev–Trinajstić information content (AvgIpc) is 2.72. The molecule has 0 aliphatic rings. The van der Waals surface area contributed by atoms with E-state index in [0.29, 0.717) is 22.6 Å². The van der Waals surface area contributed by atoms with Gasteiger partial charge in [0.05, 0.1) is 0 Å². The molecule has 0 saturated carbocycles. The summed E-state index contributed by atoms with van der Waals surface area (Å²) in [4.78, 5) is 0. The van der Waals surface area contributed by atoms with E-state index in [1.807, 2.05) is 18.2 Å². The van der Waals surface area contributed by atoms with Gasteiger partial charge in [0.15, 0.2) is 0 Å². The third-order valence-electron chi connectivity index (χ3n) is 2.41. The van der Waals surface area contributed by atoms with Crippen LogP contribution in [-0.4, -0.2) is 9.59 Å². The minimum atomic E-state index is 0.360. The van der Waals surface area contributed by atoms with E-state index in [2.05, 4.69) is 29.5 Å². The summed E-state index contributed by atoms with van der Waals surface area (Å²) in [5.41, 5.74) is 1.88. The lowest BCUT2D eigenvalue weighted by molar-refractivity contribution is 0.297. The van der Waals surface area contributed by atoms with E-state index in [9.17, 15) is 0 Å². The van der Waals surface area contributed by atoms with Crippen LogP contribution in [-0.2, 0) is 6.61 Å². The zero-order valence-corrected chi connectivity index (χ0v) is 11.3. The molecule has 1 heterocycles. The van der Waals surface area contributed by atoms with E-state index >= 15 is 0 Å². The van der Waals surface area contributed by atoms with E-state index in [1.165, 1.54) is 17.1 Å². The van der Waals surface area contributed by atoms with E-state index in [4.69, 9.17) is 16.3 Å². The Bertz CT molecular complexity index is 499. The molecule has 1 aromatic carbocycles. The summed E-state index contributed by atoms with van der Waals surface area (Å²) in [5.74, 6) is 1.31. The molecule has 3 nitrogen and oxygen atoms in total. The summed E-state index contributed by atoms with van der Waals surface area (Å²) in [7, 11) is 0. The summed E-state index contributed by atoms with van der Waals surface area (Å²) in [6, 6.07) is 8.01. The molecule has 0 fully saturated rings. The minimum absolute atomic E-state index is 0.360. The first-order chi connectivity index (χ1) is 8.18. The molecular weight excluding hydrogens is 256 g/mol. The lowest BCUT2D eigenvalue weighted by Gasteiger charge is -2.12. The first kappa shape index (κ1) is 12.3. The normalized spacial score (nSPS) is 10.8. The molecule has 5 heteroatoms. The monoisotopic (exact) mass is 268 g/mol. The Hall–Kier alpha value is -1.13. The Morgan fingerprint density at radius 2 is 2.12 bits per heavy atom. The number of rotatable bonds is 4. The lowest BCUT2D eigenvalue weighted by atomic mass is 10.0. The Morgan fingerprint density at radius 3 is 2.76 bits per heavy atom. The molecule has 0 radical (unpaired) electrons. The van der Waals surface area contributed by atoms with Crippen LogP contribution in [0.1, 0.15) is 31.0 Å². The van der Waals surface area contributed by atoms with Crippen molar-refractivity contribution in [1.29, 1.82) is 0 Å². The van der Waals surface area contributed by atoms with Gasteiger partial charge in [-0.1, -0.05) is 48.1 Å². The van der Waals surface area contributed by atoms with Crippen LogP contribution in [0.5, 0.6) is 5.75 Å². The molecule has 0 atom stereocenters. The van der Waals surface area contributed by atoms with Gasteiger partial charge in [-0.2, -0.15) is 0 Å². The second kappa shape index (κ2) is 5.47. The molecule has 0 unspecified atom stereocenters. The van der Waals surface area contributed by atoms with Crippen LogP contribution in [0, 0.1) is 0 Å². The van der Waals surface area contributed by atoms with Gasteiger partial charge in [-0.15, -0.1) is 5.10 Å². The predicted molar refractivity (Wildman–Crippen MR) is 69.8 cm³/mol. The highest BCUT2D eigenvalue weighted by atomic mass is 35.5. The maximum Gasteiger partial charge on any atom is 0.141 e. The Balaban J connectivity index is 2.11. The van der Waals surface area contributed by atoms with E-state index < -0.39 is 0 Å². The van der Waals surface area contributed by atoms with Gasteiger partial charge in [-0.3, -0.25) is 0 Å². The van der Waals surface area contributed by atoms with Gasteiger partial charge in [0.2, 0.25) is 0 Å². The predicted octanol–water partition coefficient (Wildman–Crippen LogP) is 3.89. The number of ether oxygens (including phenoxy) is 1. The number of benzene rings is 1. The van der Waals surface area contributed by atoms with Crippen LogP contribution in [0.15, 0.2) is 24.3 Å². The largest absolute Gasteiger partial charge is 0.487 e. The van der Waals surface area contributed by atoms with Crippen molar-refractivity contribution in [3.63, 3.8) is 0 Å². The molecule has 17 heavy (non-hydrogen) atoms. The van der Waals surface area contributed by atoms with Crippen molar-refractivity contribution in [3.8, 4) is 5.75 Å². The SMILES string of the molecule is CC(C)c1ccccc1OCc1nnsc1Cl. The fraction of sp³-hybridized carbons (Fsp3) is 0.333. The van der Waals surface area contributed by atoms with E-state index in [0.717, 1.165) is 5.75 Å². The van der Waals surface area contributed by atoms with Crippen molar-refractivity contribution in [2.75, 3.05) is 0 Å². The average molecular weight is 269 g/mol. The molecule has 0 aliphatic carbocycles. The van der Waals surface area contributed by atoms with Gasteiger partial charge in [0.1, 0.15) is 22.4 Å². The highest BCUT2D eigenvalue weighted by Gasteiger charge is 2.10. The smallest absolute Gasteiger partial charge is 0.141 e. The first-order valence-electron chi connectivity index (χ1n) is 5.37. The molecule has 0 amide bonds. The van der Waals surface area contributed by atoms with E-state index in [-0.39, 0.29) is 0 Å². The number of hydrogen-bond acceptors (Lipinski definition) is 4. The highest BCUT2D eigenvalue weighted by Crippen LogP contribution is 2.27. The van der Waals surface area contributed by atoms with Crippen LogP contribution in [0.2, 0.25) is 4.34 Å². The van der Waals surface area contributed by atoms with Crippen LogP contribution >= 0.6 is 23.1 Å². The Kier molecular flexibility index (Phi) is 3.97. The molecule has 0 aliphatic heterocycles. The zero-order valence-electron chi connectivity index (χ0n) is 9.68. The van der Waals surface area contributed by atoms with Crippen molar-refractivity contribution in [1.82, 2.24) is 9.59 Å². The Morgan fingerprint density at radius 1 is 1.35 bits per heavy atom. The summed E-state index contributed by atoms with van der Waals surface area (Å²) in [5, 5.41) is 3.92. The second-order valence-corrected chi connectivity index (χ2v) is 5.33. The summed E-state index contributed by atoms with van der Waals surface area (Å²) in [6.07, 6.45) is 0. The van der Waals surface area contributed by atoms with Gasteiger partial charge in [-0.25, -0.2) is 0 Å². The number of para-hydroxylation sites is 1. The fourth-order valence-electron chi connectivity index (χ4n) is 1.52. The summed E-state index contributed by atoms with van der Waals surface area (Å²) < 4.78 is 10.1. The van der Waals surface area contributed by atoms with Gasteiger partial charge in [0, 0.05) is 11.5 Å². The standard InChI is InChI=1S/C12H13ClN2OS/c1-8(2)9-5-3-4-6-11(9)16-7-10-12(13)17-15-14-10/h3-6,8H,7H2,1-2H3. The molecule has 2 aromatic rings. The maximum atomic E-state index is 5.92. The third kappa shape index (κ3) is 2.96. The lowest BCUT2D eigenvalue weighted by Crippen LogP contribution is -2.00.